The number of hydrogen-bond acceptors (Lipinski definition) is 3. The molecular weight excluding hydrogens is 266 g/mol. The molecule has 2 aromatic rings. The summed E-state index contributed by atoms with van der Waals surface area (Å²) in [5.74, 6) is 0.751. The first-order valence-electron chi connectivity index (χ1n) is 5.01. The van der Waals surface area contributed by atoms with Gasteiger partial charge in [0.15, 0.2) is 5.82 Å². The summed E-state index contributed by atoms with van der Waals surface area (Å²) >= 11 is 3.43. The summed E-state index contributed by atoms with van der Waals surface area (Å²) in [6.45, 7) is 0.790. The van der Waals surface area contributed by atoms with Gasteiger partial charge in [-0.15, -0.1) is 0 Å². The average Bonchev–Trinajstić information content (AvgIpc) is 2.30. The molecule has 0 spiro atoms. The van der Waals surface area contributed by atoms with E-state index in [0.29, 0.717) is 0 Å². The standard InChI is InChI=1S/C12H12BrN3/c1-14-6-9-7-15-12(16-8-9)10-3-2-4-11(13)5-10/h2-5,7-8,14H,6H2,1H3. The maximum absolute atomic E-state index is 4.34. The number of halogens is 1. The topological polar surface area (TPSA) is 37.8 Å². The minimum absolute atomic E-state index is 0.751. The van der Waals surface area contributed by atoms with E-state index in [0.717, 1.165) is 28.0 Å². The summed E-state index contributed by atoms with van der Waals surface area (Å²) in [5, 5.41) is 3.06. The zero-order chi connectivity index (χ0) is 11.4. The molecule has 0 saturated carbocycles. The number of hydrogen-bond donors (Lipinski definition) is 1. The van der Waals surface area contributed by atoms with Gasteiger partial charge in [0.05, 0.1) is 0 Å². The van der Waals surface area contributed by atoms with Crippen molar-refractivity contribution in [2.45, 2.75) is 6.54 Å². The molecule has 1 aromatic heterocycles. The van der Waals surface area contributed by atoms with Crippen LogP contribution in [0.25, 0.3) is 11.4 Å². The fraction of sp³-hybridized carbons (Fsp3) is 0.167. The van der Waals surface area contributed by atoms with Gasteiger partial charge in [-0.05, 0) is 19.2 Å². The smallest absolute Gasteiger partial charge is 0.159 e. The minimum Gasteiger partial charge on any atom is -0.316 e. The van der Waals surface area contributed by atoms with Crippen molar-refractivity contribution in [2.24, 2.45) is 0 Å². The van der Waals surface area contributed by atoms with Gasteiger partial charge in [-0.3, -0.25) is 0 Å². The maximum Gasteiger partial charge on any atom is 0.159 e. The van der Waals surface area contributed by atoms with Crippen LogP contribution in [0.4, 0.5) is 0 Å². The first kappa shape index (κ1) is 11.2. The summed E-state index contributed by atoms with van der Waals surface area (Å²) in [6, 6.07) is 7.97. The Balaban J connectivity index is 2.27. The highest BCUT2D eigenvalue weighted by Gasteiger charge is 2.01. The lowest BCUT2D eigenvalue weighted by molar-refractivity contribution is 0.807. The van der Waals surface area contributed by atoms with Gasteiger partial charge in [0, 0.05) is 34.5 Å². The molecule has 16 heavy (non-hydrogen) atoms. The monoisotopic (exact) mass is 277 g/mol. The molecule has 4 heteroatoms. The molecule has 0 aliphatic rings. The molecule has 0 fully saturated rings. The molecule has 0 radical (unpaired) electrons. The third-order valence-corrected chi connectivity index (χ3v) is 2.66. The van der Waals surface area contributed by atoms with Crippen LogP contribution < -0.4 is 5.32 Å². The van der Waals surface area contributed by atoms with Crippen LogP contribution in [0.1, 0.15) is 5.56 Å². The van der Waals surface area contributed by atoms with Crippen LogP contribution >= 0.6 is 15.9 Å². The van der Waals surface area contributed by atoms with Crippen molar-refractivity contribution in [3.63, 3.8) is 0 Å². The lowest BCUT2D eigenvalue weighted by atomic mass is 10.2. The summed E-state index contributed by atoms with van der Waals surface area (Å²) in [6.07, 6.45) is 3.69. The van der Waals surface area contributed by atoms with Crippen LogP contribution in [-0.2, 0) is 6.54 Å². The Morgan fingerprint density at radius 1 is 1.25 bits per heavy atom. The molecule has 1 aromatic carbocycles. The van der Waals surface area contributed by atoms with Crippen molar-refractivity contribution in [1.82, 2.24) is 15.3 Å². The SMILES string of the molecule is CNCc1cnc(-c2cccc(Br)c2)nc1. The van der Waals surface area contributed by atoms with Gasteiger partial charge in [0.1, 0.15) is 0 Å². The predicted octanol–water partition coefficient (Wildman–Crippen LogP) is 2.63. The van der Waals surface area contributed by atoms with Crippen LogP contribution in [0.2, 0.25) is 0 Å². The number of benzene rings is 1. The van der Waals surface area contributed by atoms with Crippen LogP contribution in [0, 0.1) is 0 Å². The van der Waals surface area contributed by atoms with Crippen molar-refractivity contribution in [3.8, 4) is 11.4 Å². The lowest BCUT2D eigenvalue weighted by Crippen LogP contribution is -2.06. The predicted molar refractivity (Wildman–Crippen MR) is 67.9 cm³/mol. The lowest BCUT2D eigenvalue weighted by Gasteiger charge is -2.02. The number of rotatable bonds is 3. The minimum atomic E-state index is 0.751. The van der Waals surface area contributed by atoms with Crippen molar-refractivity contribution in [2.75, 3.05) is 7.05 Å². The highest BCUT2D eigenvalue weighted by atomic mass is 79.9. The first-order chi connectivity index (χ1) is 7.79. The van der Waals surface area contributed by atoms with Crippen LogP contribution in [-0.4, -0.2) is 17.0 Å². The quantitative estimate of drug-likeness (QED) is 0.937. The van der Waals surface area contributed by atoms with E-state index >= 15 is 0 Å². The largest absolute Gasteiger partial charge is 0.316 e. The summed E-state index contributed by atoms with van der Waals surface area (Å²) < 4.78 is 1.04. The van der Waals surface area contributed by atoms with Gasteiger partial charge >= 0.3 is 0 Å². The summed E-state index contributed by atoms with van der Waals surface area (Å²) in [7, 11) is 1.90. The third-order valence-electron chi connectivity index (χ3n) is 2.17. The van der Waals surface area contributed by atoms with E-state index in [1.165, 1.54) is 0 Å². The molecule has 2 rings (SSSR count). The molecule has 0 amide bonds. The average molecular weight is 278 g/mol. The van der Waals surface area contributed by atoms with Gasteiger partial charge in [-0.25, -0.2) is 9.97 Å². The van der Waals surface area contributed by atoms with Gasteiger partial charge in [0.2, 0.25) is 0 Å². The molecular formula is C12H12BrN3. The van der Waals surface area contributed by atoms with Gasteiger partial charge in [0.25, 0.3) is 0 Å². The number of nitrogens with one attached hydrogen (secondary N) is 1. The Labute approximate surface area is 103 Å². The second kappa shape index (κ2) is 5.18. The van der Waals surface area contributed by atoms with Crippen LogP contribution in [0.15, 0.2) is 41.1 Å². The van der Waals surface area contributed by atoms with Crippen LogP contribution in [0.5, 0.6) is 0 Å². The summed E-state index contributed by atoms with van der Waals surface area (Å²) in [5.41, 5.74) is 2.10. The molecule has 0 aliphatic heterocycles. The van der Waals surface area contributed by atoms with Crippen molar-refractivity contribution >= 4 is 15.9 Å². The molecule has 0 atom stereocenters. The molecule has 0 bridgehead atoms. The second-order valence-corrected chi connectivity index (χ2v) is 4.37. The fourth-order valence-corrected chi connectivity index (χ4v) is 1.83. The molecule has 1 N–H and O–H groups in total. The Kier molecular flexibility index (Phi) is 3.64. The van der Waals surface area contributed by atoms with Crippen molar-refractivity contribution < 1.29 is 0 Å². The van der Waals surface area contributed by atoms with Crippen molar-refractivity contribution in [1.29, 1.82) is 0 Å². The Morgan fingerprint density at radius 2 is 2.00 bits per heavy atom. The zero-order valence-corrected chi connectivity index (χ0v) is 10.5. The van der Waals surface area contributed by atoms with E-state index in [4.69, 9.17) is 0 Å². The third kappa shape index (κ3) is 2.65. The van der Waals surface area contributed by atoms with E-state index in [2.05, 4.69) is 31.2 Å². The van der Waals surface area contributed by atoms with Gasteiger partial charge < -0.3 is 5.32 Å². The first-order valence-corrected chi connectivity index (χ1v) is 5.80. The molecule has 3 nitrogen and oxygen atoms in total. The van der Waals surface area contributed by atoms with E-state index in [-0.39, 0.29) is 0 Å². The number of aromatic nitrogens is 2. The van der Waals surface area contributed by atoms with Gasteiger partial charge in [-0.1, -0.05) is 28.1 Å². The molecule has 0 aliphatic carbocycles. The molecule has 0 saturated heterocycles. The molecule has 1 heterocycles. The molecule has 82 valence electrons. The number of nitrogens with zero attached hydrogens (tertiary/aromatic N) is 2. The van der Waals surface area contributed by atoms with E-state index < -0.39 is 0 Å². The van der Waals surface area contributed by atoms with E-state index in [9.17, 15) is 0 Å². The summed E-state index contributed by atoms with van der Waals surface area (Å²) in [4.78, 5) is 8.67. The van der Waals surface area contributed by atoms with E-state index in [1.807, 2.05) is 43.7 Å². The fourth-order valence-electron chi connectivity index (χ4n) is 1.43. The van der Waals surface area contributed by atoms with Crippen molar-refractivity contribution in [3.05, 3.63) is 46.7 Å². The highest BCUT2D eigenvalue weighted by Crippen LogP contribution is 2.19. The Bertz CT molecular complexity index is 468. The Morgan fingerprint density at radius 3 is 2.62 bits per heavy atom. The van der Waals surface area contributed by atoms with Crippen LogP contribution in [0.3, 0.4) is 0 Å². The van der Waals surface area contributed by atoms with E-state index in [1.54, 1.807) is 0 Å². The second-order valence-electron chi connectivity index (χ2n) is 3.46. The molecule has 0 unspecified atom stereocenters. The Hall–Kier alpha value is -1.26. The maximum atomic E-state index is 4.34. The van der Waals surface area contributed by atoms with Gasteiger partial charge in [-0.2, -0.15) is 0 Å². The highest BCUT2D eigenvalue weighted by molar-refractivity contribution is 9.10. The zero-order valence-electron chi connectivity index (χ0n) is 8.94. The normalized spacial score (nSPS) is 10.4.